The van der Waals surface area contributed by atoms with Crippen molar-refractivity contribution >= 4 is 17.5 Å². The molecule has 0 N–H and O–H groups in total. The van der Waals surface area contributed by atoms with E-state index in [1.165, 1.54) is 6.07 Å². The number of hydrogen-bond acceptors (Lipinski definition) is 2. The smallest absolute Gasteiger partial charge is 0.146 e. The van der Waals surface area contributed by atoms with E-state index in [9.17, 15) is 9.18 Å². The summed E-state index contributed by atoms with van der Waals surface area (Å²) in [6.07, 6.45) is 1.42. The predicted molar refractivity (Wildman–Crippen MR) is 60.6 cm³/mol. The van der Waals surface area contributed by atoms with Crippen molar-refractivity contribution < 1.29 is 9.18 Å². The number of halogens is 1. The van der Waals surface area contributed by atoms with Crippen molar-refractivity contribution in [3.63, 3.8) is 0 Å². The van der Waals surface area contributed by atoms with E-state index in [1.54, 1.807) is 23.9 Å². The zero-order chi connectivity index (χ0) is 10.8. The summed E-state index contributed by atoms with van der Waals surface area (Å²) in [5.74, 6) is 0.122. The number of carbonyl (C=O) groups is 1. The molecule has 1 saturated heterocycles. The van der Waals surface area contributed by atoms with E-state index in [-0.39, 0.29) is 11.1 Å². The normalized spacial score (nSPS) is 25.9. The molecule has 2 unspecified atom stereocenters. The fourth-order valence-corrected chi connectivity index (χ4v) is 3.22. The Morgan fingerprint density at radius 3 is 2.93 bits per heavy atom. The summed E-state index contributed by atoms with van der Waals surface area (Å²) < 4.78 is 12.9. The highest BCUT2D eigenvalue weighted by Gasteiger charge is 2.29. The van der Waals surface area contributed by atoms with Gasteiger partial charge in [-0.2, -0.15) is 0 Å². The Kier molecular flexibility index (Phi) is 3.10. The first-order valence-electron chi connectivity index (χ1n) is 5.08. The first kappa shape index (κ1) is 10.7. The van der Waals surface area contributed by atoms with Crippen LogP contribution in [0.5, 0.6) is 0 Å². The summed E-state index contributed by atoms with van der Waals surface area (Å²) >= 11 is 1.70. The van der Waals surface area contributed by atoms with E-state index in [4.69, 9.17) is 0 Å². The number of benzene rings is 1. The van der Waals surface area contributed by atoms with E-state index in [2.05, 4.69) is 0 Å². The van der Waals surface area contributed by atoms with Gasteiger partial charge in [0.1, 0.15) is 11.6 Å². The van der Waals surface area contributed by atoms with Crippen molar-refractivity contribution in [2.24, 2.45) is 0 Å². The SMILES string of the molecule is CC1SC(Cc2cccc(F)c2)CC1=O. The molecule has 0 radical (unpaired) electrons. The van der Waals surface area contributed by atoms with Gasteiger partial charge < -0.3 is 0 Å². The Balaban J connectivity index is 2.01. The van der Waals surface area contributed by atoms with Crippen molar-refractivity contribution in [1.82, 2.24) is 0 Å². The molecule has 2 rings (SSSR count). The van der Waals surface area contributed by atoms with Crippen LogP contribution < -0.4 is 0 Å². The lowest BCUT2D eigenvalue weighted by Crippen LogP contribution is -2.05. The van der Waals surface area contributed by atoms with E-state index >= 15 is 0 Å². The zero-order valence-electron chi connectivity index (χ0n) is 8.57. The first-order chi connectivity index (χ1) is 7.15. The number of thioether (sulfide) groups is 1. The zero-order valence-corrected chi connectivity index (χ0v) is 9.39. The highest BCUT2D eigenvalue weighted by Crippen LogP contribution is 2.32. The molecule has 15 heavy (non-hydrogen) atoms. The van der Waals surface area contributed by atoms with E-state index < -0.39 is 0 Å². The Hall–Kier alpha value is -0.830. The molecule has 3 heteroatoms. The van der Waals surface area contributed by atoms with Crippen LogP contribution in [0.3, 0.4) is 0 Å². The Labute approximate surface area is 93.1 Å². The van der Waals surface area contributed by atoms with Crippen molar-refractivity contribution in [3.05, 3.63) is 35.6 Å². The van der Waals surface area contributed by atoms with Crippen molar-refractivity contribution in [3.8, 4) is 0 Å². The maximum Gasteiger partial charge on any atom is 0.146 e. The summed E-state index contributed by atoms with van der Waals surface area (Å²) in [6, 6.07) is 6.62. The van der Waals surface area contributed by atoms with Gasteiger partial charge in [-0.1, -0.05) is 12.1 Å². The van der Waals surface area contributed by atoms with Gasteiger partial charge in [0.15, 0.2) is 0 Å². The second kappa shape index (κ2) is 4.35. The lowest BCUT2D eigenvalue weighted by Gasteiger charge is -2.07. The Bertz CT molecular complexity index is 378. The van der Waals surface area contributed by atoms with Crippen LogP contribution in [0, 0.1) is 5.82 Å². The molecule has 1 aliphatic rings. The quantitative estimate of drug-likeness (QED) is 0.768. The van der Waals surface area contributed by atoms with Crippen molar-refractivity contribution in [2.75, 3.05) is 0 Å². The van der Waals surface area contributed by atoms with Crippen LogP contribution >= 0.6 is 11.8 Å². The Morgan fingerprint density at radius 2 is 2.33 bits per heavy atom. The predicted octanol–water partition coefficient (Wildman–Crippen LogP) is 2.83. The number of rotatable bonds is 2. The number of hydrogen-bond donors (Lipinski definition) is 0. The molecule has 80 valence electrons. The molecule has 0 aromatic heterocycles. The molecule has 0 bridgehead atoms. The largest absolute Gasteiger partial charge is 0.298 e. The summed E-state index contributed by atoms with van der Waals surface area (Å²) in [5.41, 5.74) is 0.981. The average Bonchev–Trinajstić information content (AvgIpc) is 2.45. The molecule has 0 amide bonds. The number of Topliss-reactive ketones (excluding diaryl/α,β-unsaturated/α-hetero) is 1. The lowest BCUT2D eigenvalue weighted by molar-refractivity contribution is -0.117. The fraction of sp³-hybridized carbons (Fsp3) is 0.417. The van der Waals surface area contributed by atoms with Gasteiger partial charge >= 0.3 is 0 Å². The second-order valence-electron chi connectivity index (χ2n) is 3.90. The van der Waals surface area contributed by atoms with Gasteiger partial charge in [-0.3, -0.25) is 4.79 Å². The molecule has 1 nitrogen and oxygen atoms in total. The van der Waals surface area contributed by atoms with Crippen LogP contribution in [-0.4, -0.2) is 16.3 Å². The minimum absolute atomic E-state index is 0.114. The van der Waals surface area contributed by atoms with Gasteiger partial charge in [-0.25, -0.2) is 4.39 Å². The lowest BCUT2D eigenvalue weighted by atomic mass is 10.1. The third-order valence-electron chi connectivity index (χ3n) is 2.63. The molecular weight excluding hydrogens is 211 g/mol. The van der Waals surface area contributed by atoms with Gasteiger partial charge in [-0.05, 0) is 31.0 Å². The molecule has 0 aliphatic carbocycles. The minimum atomic E-state index is -0.199. The van der Waals surface area contributed by atoms with Crippen LogP contribution in [0.15, 0.2) is 24.3 Å². The van der Waals surface area contributed by atoms with E-state index in [0.717, 1.165) is 12.0 Å². The molecule has 1 heterocycles. The molecule has 1 fully saturated rings. The number of ketones is 1. The molecule has 0 spiro atoms. The van der Waals surface area contributed by atoms with Crippen molar-refractivity contribution in [2.45, 2.75) is 30.3 Å². The van der Waals surface area contributed by atoms with Gasteiger partial charge in [0.25, 0.3) is 0 Å². The molecular formula is C12H13FOS. The van der Waals surface area contributed by atoms with E-state index in [1.807, 2.05) is 13.0 Å². The Morgan fingerprint density at radius 1 is 1.53 bits per heavy atom. The first-order valence-corrected chi connectivity index (χ1v) is 6.02. The summed E-state index contributed by atoms with van der Waals surface area (Å²) in [5, 5.41) is 0.442. The topological polar surface area (TPSA) is 17.1 Å². The number of carbonyl (C=O) groups excluding carboxylic acids is 1. The van der Waals surface area contributed by atoms with Gasteiger partial charge in [0, 0.05) is 11.7 Å². The maximum atomic E-state index is 12.9. The third-order valence-corrected chi connectivity index (χ3v) is 4.02. The fourth-order valence-electron chi connectivity index (χ4n) is 1.85. The van der Waals surface area contributed by atoms with Crippen molar-refractivity contribution in [1.29, 1.82) is 0 Å². The molecule has 1 aromatic carbocycles. The standard InChI is InChI=1S/C12H13FOS/c1-8-12(14)7-11(15-8)6-9-3-2-4-10(13)5-9/h2-5,8,11H,6-7H2,1H3. The highest BCUT2D eigenvalue weighted by atomic mass is 32.2. The van der Waals surface area contributed by atoms with Crippen LogP contribution in [0.4, 0.5) is 4.39 Å². The third kappa shape index (κ3) is 2.59. The highest BCUT2D eigenvalue weighted by molar-refractivity contribution is 8.01. The van der Waals surface area contributed by atoms with Gasteiger partial charge in [0.2, 0.25) is 0 Å². The van der Waals surface area contributed by atoms with Crippen LogP contribution in [0.2, 0.25) is 0 Å². The average molecular weight is 224 g/mol. The summed E-state index contributed by atoms with van der Waals surface area (Å²) in [7, 11) is 0. The second-order valence-corrected chi connectivity index (χ2v) is 5.55. The molecule has 0 saturated carbocycles. The minimum Gasteiger partial charge on any atom is -0.298 e. The van der Waals surface area contributed by atoms with E-state index in [0.29, 0.717) is 17.5 Å². The van der Waals surface area contributed by atoms with Crippen LogP contribution in [-0.2, 0) is 11.2 Å². The molecule has 2 atom stereocenters. The molecule has 1 aromatic rings. The van der Waals surface area contributed by atoms with Crippen LogP contribution in [0.25, 0.3) is 0 Å². The summed E-state index contributed by atoms with van der Waals surface area (Å²) in [4.78, 5) is 11.3. The summed E-state index contributed by atoms with van der Waals surface area (Å²) in [6.45, 7) is 1.94. The maximum absolute atomic E-state index is 12.9. The van der Waals surface area contributed by atoms with Gasteiger partial charge in [0.05, 0.1) is 5.25 Å². The monoisotopic (exact) mass is 224 g/mol. The van der Waals surface area contributed by atoms with Crippen LogP contribution in [0.1, 0.15) is 18.9 Å². The molecule has 1 aliphatic heterocycles. The van der Waals surface area contributed by atoms with Gasteiger partial charge in [-0.15, -0.1) is 11.8 Å².